The molecule has 45 heavy (non-hydrogen) atoms. The van der Waals surface area contributed by atoms with Crippen LogP contribution in [-0.4, -0.2) is 56.7 Å². The van der Waals surface area contributed by atoms with Crippen molar-refractivity contribution in [1.82, 2.24) is 14.5 Å². The lowest BCUT2D eigenvalue weighted by atomic mass is 9.86. The van der Waals surface area contributed by atoms with Crippen molar-refractivity contribution < 1.29 is 28.6 Å². The topological polar surface area (TPSA) is 93.9 Å². The summed E-state index contributed by atoms with van der Waals surface area (Å²) in [7, 11) is 1.81. The minimum Gasteiger partial charge on any atom is -0.490 e. The van der Waals surface area contributed by atoms with Crippen molar-refractivity contribution in [3.8, 4) is 16.9 Å². The largest absolute Gasteiger partial charge is 0.490 e. The zero-order chi connectivity index (χ0) is 33.4. The van der Waals surface area contributed by atoms with Crippen LogP contribution in [0, 0.1) is 31.5 Å². The highest BCUT2D eigenvalue weighted by Crippen LogP contribution is 2.45. The second-order valence-corrected chi connectivity index (χ2v) is 14.2. The van der Waals surface area contributed by atoms with Crippen LogP contribution in [0.15, 0.2) is 12.1 Å². The van der Waals surface area contributed by atoms with Crippen LogP contribution in [0.5, 0.6) is 5.75 Å². The number of carboxylic acids is 1. The monoisotopic (exact) mass is 623 g/mol. The van der Waals surface area contributed by atoms with Crippen LogP contribution in [0.2, 0.25) is 0 Å². The normalized spacial score (nSPS) is 14.2. The molecule has 0 bridgehead atoms. The lowest BCUT2D eigenvalue weighted by Crippen LogP contribution is -2.35. The number of nitrogens with zero attached hydrogens (tertiary/aromatic N) is 3. The smallest absolute Gasteiger partial charge is 0.337 e. The van der Waals surface area contributed by atoms with E-state index >= 15 is 4.39 Å². The molecule has 1 N–H and O–H groups in total. The van der Waals surface area contributed by atoms with Crippen LogP contribution < -0.4 is 4.74 Å². The maximum absolute atomic E-state index is 15.7. The molecule has 9 heteroatoms. The van der Waals surface area contributed by atoms with Gasteiger partial charge in [-0.05, 0) is 95.4 Å². The van der Waals surface area contributed by atoms with Gasteiger partial charge in [0.1, 0.15) is 11.3 Å². The third-order valence-electron chi connectivity index (χ3n) is 8.53. The lowest BCUT2D eigenvalue weighted by molar-refractivity contribution is -0.160. The summed E-state index contributed by atoms with van der Waals surface area (Å²) in [5, 5.41) is 11.1. The van der Waals surface area contributed by atoms with Crippen molar-refractivity contribution in [3.05, 3.63) is 46.0 Å². The van der Waals surface area contributed by atoms with E-state index in [9.17, 15) is 14.7 Å². The Morgan fingerprint density at radius 1 is 1.11 bits per heavy atom. The number of benzene rings is 1. The molecule has 1 aromatic carbocycles. The first-order chi connectivity index (χ1) is 21.0. The Morgan fingerprint density at radius 3 is 2.29 bits per heavy atom. The van der Waals surface area contributed by atoms with Crippen molar-refractivity contribution >= 4 is 22.9 Å². The SMILES string of the molecule is Cc1nc2c(cc(C(=O)N(CCC(C)C)CCC(C)C)n2C)c(-c2cc(F)c3c(c2C)CCCO3)c1[C@H](OC(C)(C)C)C(=O)O. The van der Waals surface area contributed by atoms with E-state index < -0.39 is 23.5 Å². The molecule has 1 atom stereocenters. The van der Waals surface area contributed by atoms with Crippen molar-refractivity contribution in [2.45, 2.75) is 99.7 Å². The van der Waals surface area contributed by atoms with E-state index in [4.69, 9.17) is 14.5 Å². The highest BCUT2D eigenvalue weighted by atomic mass is 19.1. The number of halogens is 1. The van der Waals surface area contributed by atoms with Crippen molar-refractivity contribution in [1.29, 1.82) is 0 Å². The van der Waals surface area contributed by atoms with Gasteiger partial charge in [-0.1, -0.05) is 27.7 Å². The molecular formula is C36H50FN3O5. The minimum atomic E-state index is -1.38. The molecule has 1 amide bonds. The Morgan fingerprint density at radius 2 is 1.73 bits per heavy atom. The van der Waals surface area contributed by atoms with Crippen LogP contribution in [0.25, 0.3) is 22.2 Å². The van der Waals surface area contributed by atoms with Crippen LogP contribution in [-0.2, 0) is 23.0 Å². The highest BCUT2D eigenvalue weighted by molar-refractivity contribution is 6.04. The standard InChI is InChI=1S/C36H50FN3O5/c1-20(2)13-15-40(16-14-21(3)4)34(41)28-19-26-30(25-18-27(37)31-24(22(25)5)12-11-17-44-31)29(23(6)38-33(26)39(28)10)32(35(42)43)45-36(7,8)9/h18-21,32H,11-17H2,1-10H3,(H,42,43)/t32-/m0/s1. The average Bonchev–Trinajstić information content (AvgIpc) is 3.27. The first-order valence-corrected chi connectivity index (χ1v) is 16.2. The molecule has 246 valence electrons. The summed E-state index contributed by atoms with van der Waals surface area (Å²) >= 11 is 0. The number of fused-ring (bicyclic) bond motifs is 2. The van der Waals surface area contributed by atoms with Gasteiger partial charge in [0.15, 0.2) is 17.7 Å². The summed E-state index contributed by atoms with van der Waals surface area (Å²) in [5.41, 5.74) is 3.63. The summed E-state index contributed by atoms with van der Waals surface area (Å²) in [4.78, 5) is 33.8. The van der Waals surface area contributed by atoms with E-state index in [1.807, 2.05) is 18.9 Å². The maximum Gasteiger partial charge on any atom is 0.337 e. The van der Waals surface area contributed by atoms with Crippen LogP contribution in [0.3, 0.4) is 0 Å². The molecular weight excluding hydrogens is 573 g/mol. The number of carboxylic acid groups (broad SMARTS) is 1. The summed E-state index contributed by atoms with van der Waals surface area (Å²) in [6, 6.07) is 3.23. The van der Waals surface area contributed by atoms with Crippen molar-refractivity contribution in [3.63, 3.8) is 0 Å². The summed E-state index contributed by atoms with van der Waals surface area (Å²) in [6.45, 7) is 19.4. The van der Waals surface area contributed by atoms with Gasteiger partial charge in [0.05, 0.1) is 12.2 Å². The molecule has 1 aliphatic heterocycles. The van der Waals surface area contributed by atoms with Gasteiger partial charge in [-0.15, -0.1) is 0 Å². The van der Waals surface area contributed by atoms with Gasteiger partial charge in [0.2, 0.25) is 0 Å². The Labute approximate surface area is 266 Å². The molecule has 3 aromatic rings. The molecule has 0 aliphatic carbocycles. The molecule has 3 heterocycles. The van der Waals surface area contributed by atoms with E-state index in [1.54, 1.807) is 38.3 Å². The number of carbonyl (C=O) groups excluding carboxylic acids is 1. The summed E-state index contributed by atoms with van der Waals surface area (Å²) < 4.78 is 29.4. The Bertz CT molecular complexity index is 1570. The van der Waals surface area contributed by atoms with Gasteiger partial charge in [-0.3, -0.25) is 4.79 Å². The molecule has 0 unspecified atom stereocenters. The van der Waals surface area contributed by atoms with E-state index in [0.29, 0.717) is 77.1 Å². The zero-order valence-electron chi connectivity index (χ0n) is 28.6. The number of aromatic nitrogens is 2. The molecule has 4 rings (SSSR count). The van der Waals surface area contributed by atoms with Gasteiger partial charge in [-0.25, -0.2) is 14.2 Å². The number of hydrogen-bond acceptors (Lipinski definition) is 5. The Kier molecular flexibility index (Phi) is 10.3. The summed E-state index contributed by atoms with van der Waals surface area (Å²) in [6.07, 6.45) is 1.78. The predicted octanol–water partition coefficient (Wildman–Crippen LogP) is 7.80. The second kappa shape index (κ2) is 13.5. The third kappa shape index (κ3) is 7.35. The van der Waals surface area contributed by atoms with Crippen LogP contribution >= 0.6 is 0 Å². The van der Waals surface area contributed by atoms with Gasteiger partial charge >= 0.3 is 5.97 Å². The minimum absolute atomic E-state index is 0.107. The van der Waals surface area contributed by atoms with Crippen LogP contribution in [0.4, 0.5) is 4.39 Å². The van der Waals surface area contributed by atoms with E-state index in [2.05, 4.69) is 27.7 Å². The first-order valence-electron chi connectivity index (χ1n) is 16.2. The number of hydrogen-bond donors (Lipinski definition) is 1. The fourth-order valence-corrected chi connectivity index (χ4v) is 6.08. The van der Waals surface area contributed by atoms with E-state index in [1.165, 1.54) is 6.07 Å². The fourth-order valence-electron chi connectivity index (χ4n) is 6.08. The Balaban J connectivity index is 2.04. The van der Waals surface area contributed by atoms with E-state index in [-0.39, 0.29) is 11.7 Å². The first kappa shape index (κ1) is 34.4. The second-order valence-electron chi connectivity index (χ2n) is 14.2. The average molecular weight is 624 g/mol. The number of aliphatic carboxylic acids is 1. The predicted molar refractivity (Wildman–Crippen MR) is 175 cm³/mol. The van der Waals surface area contributed by atoms with Crippen molar-refractivity contribution in [2.75, 3.05) is 19.7 Å². The van der Waals surface area contributed by atoms with Gasteiger partial charge in [0, 0.05) is 47.9 Å². The summed E-state index contributed by atoms with van der Waals surface area (Å²) in [5.74, 6) is -0.649. The highest BCUT2D eigenvalue weighted by Gasteiger charge is 2.35. The molecule has 0 radical (unpaired) electrons. The zero-order valence-corrected chi connectivity index (χ0v) is 28.6. The molecule has 0 fully saturated rings. The fraction of sp³-hybridized carbons (Fsp3) is 0.583. The number of amides is 1. The van der Waals surface area contributed by atoms with Crippen LogP contribution in [0.1, 0.15) is 107 Å². The number of pyridine rings is 1. The Hall–Kier alpha value is -3.46. The molecule has 0 saturated heterocycles. The number of aryl methyl sites for hydroxylation is 2. The maximum atomic E-state index is 15.7. The van der Waals surface area contributed by atoms with Gasteiger partial charge < -0.3 is 24.0 Å². The van der Waals surface area contributed by atoms with Crippen molar-refractivity contribution in [2.24, 2.45) is 18.9 Å². The van der Waals surface area contributed by atoms with E-state index in [0.717, 1.165) is 30.4 Å². The quantitative estimate of drug-likeness (QED) is 0.234. The van der Waals surface area contributed by atoms with Gasteiger partial charge in [-0.2, -0.15) is 0 Å². The molecule has 8 nitrogen and oxygen atoms in total. The molecule has 2 aromatic heterocycles. The third-order valence-corrected chi connectivity index (χ3v) is 8.53. The molecule has 0 spiro atoms. The lowest BCUT2D eigenvalue weighted by Gasteiger charge is -2.29. The van der Waals surface area contributed by atoms with Gasteiger partial charge in [0.25, 0.3) is 5.91 Å². The molecule has 0 saturated carbocycles. The number of carbonyl (C=O) groups is 2. The molecule has 1 aliphatic rings. The number of rotatable bonds is 11. The number of ether oxygens (including phenoxy) is 2.